The molecule has 33 heavy (non-hydrogen) atoms. The zero-order valence-corrected chi connectivity index (χ0v) is 18.0. The third kappa shape index (κ3) is 3.89. The summed E-state index contributed by atoms with van der Waals surface area (Å²) in [7, 11) is 1.36. The molecule has 2 heterocycles. The fraction of sp³-hybridized carbons (Fsp3) is 0.409. The van der Waals surface area contributed by atoms with E-state index in [1.807, 2.05) is 0 Å². The number of pyridine rings is 1. The van der Waals surface area contributed by atoms with Crippen LogP contribution in [0.2, 0.25) is 0 Å². The highest BCUT2D eigenvalue weighted by molar-refractivity contribution is 5.90. The Morgan fingerprint density at radius 3 is 2.36 bits per heavy atom. The van der Waals surface area contributed by atoms with Gasteiger partial charge in [-0.25, -0.2) is 26.6 Å². The summed E-state index contributed by atoms with van der Waals surface area (Å²) in [5, 5.41) is 7.22. The minimum Gasteiger partial charge on any atom is -0.361 e. The van der Waals surface area contributed by atoms with Crippen LogP contribution >= 0.6 is 0 Å². The Morgan fingerprint density at radius 2 is 1.76 bits per heavy atom. The van der Waals surface area contributed by atoms with Crippen LogP contribution in [0.1, 0.15) is 50.3 Å². The number of anilines is 1. The van der Waals surface area contributed by atoms with Crippen molar-refractivity contribution in [2.24, 2.45) is 7.05 Å². The van der Waals surface area contributed by atoms with E-state index in [4.69, 9.17) is 0 Å². The van der Waals surface area contributed by atoms with Gasteiger partial charge in [-0.3, -0.25) is 9.59 Å². The number of hydrogen-bond acceptors (Lipinski definition) is 4. The number of nitrogens with one attached hydrogen (secondary N) is 1. The Labute approximate surface area is 184 Å². The van der Waals surface area contributed by atoms with Crippen LogP contribution in [0.15, 0.2) is 40.1 Å². The van der Waals surface area contributed by atoms with Crippen LogP contribution in [-0.2, 0) is 12.6 Å². The highest BCUT2D eigenvalue weighted by atomic mass is 19.3. The van der Waals surface area contributed by atoms with Gasteiger partial charge >= 0.3 is 0 Å². The third-order valence-electron chi connectivity index (χ3n) is 6.06. The number of hydrogen-bond donors (Lipinski definition) is 1. The zero-order chi connectivity index (χ0) is 24.3. The van der Waals surface area contributed by atoms with Gasteiger partial charge in [-0.1, -0.05) is 18.2 Å². The second-order valence-corrected chi connectivity index (χ2v) is 8.71. The van der Waals surface area contributed by atoms with E-state index in [2.05, 4.69) is 10.4 Å². The first-order valence-electron chi connectivity index (χ1n) is 10.2. The number of aromatic nitrogens is 3. The second kappa shape index (κ2) is 7.67. The predicted molar refractivity (Wildman–Crippen MR) is 112 cm³/mol. The van der Waals surface area contributed by atoms with Gasteiger partial charge in [0, 0.05) is 43.1 Å². The van der Waals surface area contributed by atoms with Gasteiger partial charge in [0.05, 0.1) is 22.5 Å². The summed E-state index contributed by atoms with van der Waals surface area (Å²) < 4.78 is 70.1. The minimum absolute atomic E-state index is 0.0000586. The van der Waals surface area contributed by atoms with E-state index >= 15 is 0 Å². The van der Waals surface area contributed by atoms with Crippen LogP contribution in [0, 0.1) is 5.82 Å². The minimum atomic E-state index is -3.00. The van der Waals surface area contributed by atoms with Crippen LogP contribution < -0.4 is 16.4 Å². The van der Waals surface area contributed by atoms with Crippen molar-refractivity contribution in [2.75, 3.05) is 5.32 Å². The highest BCUT2D eigenvalue weighted by Gasteiger charge is 2.55. The summed E-state index contributed by atoms with van der Waals surface area (Å²) in [5.74, 6) is -3.88. The molecule has 1 aromatic carbocycles. The first-order chi connectivity index (χ1) is 15.3. The Hall–Kier alpha value is -3.24. The molecule has 6 nitrogen and oxygen atoms in total. The lowest BCUT2D eigenvalue weighted by molar-refractivity contribution is -0.146. The maximum atomic E-state index is 14.6. The molecule has 0 aliphatic heterocycles. The summed E-state index contributed by atoms with van der Waals surface area (Å²) in [6, 6.07) is 3.86. The molecule has 0 spiro atoms. The number of alkyl halides is 4. The lowest BCUT2D eigenvalue weighted by atomic mass is 9.74. The molecule has 0 saturated heterocycles. The molecule has 1 aliphatic carbocycles. The molecule has 11 heteroatoms. The van der Waals surface area contributed by atoms with E-state index in [0.717, 1.165) is 21.4 Å². The molecule has 0 bridgehead atoms. The van der Waals surface area contributed by atoms with Gasteiger partial charge in [0.25, 0.3) is 23.5 Å². The number of aryl methyl sites for hydroxylation is 1. The number of nitrogens with zero attached hydrogens (tertiary/aromatic N) is 3. The first kappa shape index (κ1) is 22.9. The van der Waals surface area contributed by atoms with Gasteiger partial charge in [-0.2, -0.15) is 5.10 Å². The first-order valence-corrected chi connectivity index (χ1v) is 10.2. The fourth-order valence-electron chi connectivity index (χ4n) is 4.44. The quantitative estimate of drug-likeness (QED) is 0.561. The maximum Gasteiger partial charge on any atom is 0.274 e. The van der Waals surface area contributed by atoms with Gasteiger partial charge in [0.1, 0.15) is 5.82 Å². The number of rotatable bonds is 5. The molecule has 1 fully saturated rings. The average molecular weight is 468 g/mol. The lowest BCUT2D eigenvalue weighted by Crippen LogP contribution is -2.54. The van der Waals surface area contributed by atoms with Crippen LogP contribution in [0.3, 0.4) is 0 Å². The van der Waals surface area contributed by atoms with Crippen LogP contribution in [0.25, 0.3) is 10.8 Å². The van der Waals surface area contributed by atoms with Crippen molar-refractivity contribution >= 4 is 16.6 Å². The predicted octanol–water partition coefficient (Wildman–Crippen LogP) is 4.49. The summed E-state index contributed by atoms with van der Waals surface area (Å²) in [4.78, 5) is 25.2. The molecule has 4 rings (SSSR count). The Morgan fingerprint density at radius 1 is 1.12 bits per heavy atom. The van der Waals surface area contributed by atoms with E-state index < -0.39 is 59.3 Å². The van der Waals surface area contributed by atoms with Crippen molar-refractivity contribution in [2.45, 2.75) is 50.6 Å². The third-order valence-corrected chi connectivity index (χ3v) is 6.06. The molecule has 2 aromatic heterocycles. The fourth-order valence-corrected chi connectivity index (χ4v) is 4.44. The van der Waals surface area contributed by atoms with E-state index in [0.29, 0.717) is 0 Å². The van der Waals surface area contributed by atoms with Crippen molar-refractivity contribution in [3.8, 4) is 0 Å². The van der Waals surface area contributed by atoms with Crippen molar-refractivity contribution in [3.63, 3.8) is 0 Å². The van der Waals surface area contributed by atoms with E-state index in [9.17, 15) is 31.5 Å². The van der Waals surface area contributed by atoms with Crippen molar-refractivity contribution in [1.82, 2.24) is 14.3 Å². The molecule has 0 unspecified atom stereocenters. The number of halogens is 5. The molecule has 1 aliphatic rings. The maximum absolute atomic E-state index is 14.6. The smallest absolute Gasteiger partial charge is 0.274 e. The van der Waals surface area contributed by atoms with Crippen molar-refractivity contribution in [3.05, 3.63) is 68.1 Å². The standard InChI is InChI=1S/C22H21F5N4O2/c1-11(12-5-4-6-13(17(12)23)18(24)25)28-19-15-8-31(21(2)9-22(26,27)10-21)16(32)7-14(15)20(33)30(3)29-19/h4-8,11,18H,9-10H2,1-3H3,(H,28,29)/t11-/m1/s1. The second-order valence-electron chi connectivity index (χ2n) is 8.71. The van der Waals surface area contributed by atoms with E-state index in [1.165, 1.54) is 39.2 Å². The van der Waals surface area contributed by atoms with Gasteiger partial charge in [-0.05, 0) is 13.8 Å². The molecule has 0 radical (unpaired) electrons. The molecule has 1 N–H and O–H groups in total. The molecule has 176 valence electrons. The molecule has 1 saturated carbocycles. The molecule has 1 atom stereocenters. The Balaban J connectivity index is 1.82. The average Bonchev–Trinajstić information content (AvgIpc) is 2.69. The van der Waals surface area contributed by atoms with Gasteiger partial charge in [0.15, 0.2) is 5.82 Å². The van der Waals surface area contributed by atoms with Crippen LogP contribution in [0.5, 0.6) is 0 Å². The number of fused-ring (bicyclic) bond motifs is 1. The van der Waals surface area contributed by atoms with Crippen molar-refractivity contribution < 1.29 is 22.0 Å². The summed E-state index contributed by atoms with van der Waals surface area (Å²) >= 11 is 0. The monoisotopic (exact) mass is 468 g/mol. The van der Waals surface area contributed by atoms with Crippen LogP contribution in [-0.4, -0.2) is 20.3 Å². The van der Waals surface area contributed by atoms with Gasteiger partial charge in [-0.15, -0.1) is 0 Å². The zero-order valence-electron chi connectivity index (χ0n) is 18.0. The molecule has 3 aromatic rings. The topological polar surface area (TPSA) is 68.9 Å². The van der Waals surface area contributed by atoms with Crippen LogP contribution in [0.4, 0.5) is 27.8 Å². The SMILES string of the molecule is C[C@@H](Nc1nn(C)c(=O)c2cc(=O)n(C3(C)CC(F)(F)C3)cc12)c1cccc(C(F)F)c1F. The Kier molecular flexibility index (Phi) is 5.33. The summed E-state index contributed by atoms with van der Waals surface area (Å²) in [6.07, 6.45) is -2.77. The summed E-state index contributed by atoms with van der Waals surface area (Å²) in [6.45, 7) is 3.04. The van der Waals surface area contributed by atoms with Gasteiger partial charge in [0.2, 0.25) is 0 Å². The lowest BCUT2D eigenvalue weighted by Gasteiger charge is -2.46. The van der Waals surface area contributed by atoms with E-state index in [1.54, 1.807) is 0 Å². The Bertz CT molecular complexity index is 1360. The van der Waals surface area contributed by atoms with Crippen molar-refractivity contribution in [1.29, 1.82) is 0 Å². The molecule has 0 amide bonds. The largest absolute Gasteiger partial charge is 0.361 e. The highest BCUT2D eigenvalue weighted by Crippen LogP contribution is 2.49. The normalized spacial score (nSPS) is 17.7. The van der Waals surface area contributed by atoms with E-state index in [-0.39, 0.29) is 22.2 Å². The number of benzene rings is 1. The molecular formula is C22H21F5N4O2. The van der Waals surface area contributed by atoms with Gasteiger partial charge < -0.3 is 9.88 Å². The summed E-state index contributed by atoms with van der Waals surface area (Å²) in [5.41, 5.74) is -3.13. The molecular weight excluding hydrogens is 447 g/mol.